The molecule has 2 N–H and O–H groups in total. The van der Waals surface area contributed by atoms with Crippen LogP contribution < -0.4 is 5.73 Å². The molecule has 0 saturated carbocycles. The van der Waals surface area contributed by atoms with E-state index in [9.17, 15) is 0 Å². The minimum atomic E-state index is 0.489. The summed E-state index contributed by atoms with van der Waals surface area (Å²) in [5.74, 6) is 1.33. The number of imidazole rings is 1. The second-order valence-corrected chi connectivity index (χ2v) is 3.46. The van der Waals surface area contributed by atoms with Crippen LogP contribution in [0, 0.1) is 0 Å². The van der Waals surface area contributed by atoms with E-state index in [1.165, 1.54) is 0 Å². The molecule has 0 aliphatic rings. The van der Waals surface area contributed by atoms with E-state index in [1.807, 2.05) is 16.8 Å². The highest BCUT2D eigenvalue weighted by atomic mass is 79.9. The van der Waals surface area contributed by atoms with Gasteiger partial charge in [0.05, 0.1) is 17.3 Å². The first-order valence-electron chi connectivity index (χ1n) is 3.76. The quantitative estimate of drug-likeness (QED) is 0.874. The predicted molar refractivity (Wildman–Crippen MR) is 52.1 cm³/mol. The third kappa shape index (κ3) is 1.60. The van der Waals surface area contributed by atoms with Crippen LogP contribution in [0.15, 0.2) is 33.6 Å². The Morgan fingerprint density at radius 3 is 3.00 bits per heavy atom. The highest BCUT2D eigenvalue weighted by Crippen LogP contribution is 2.19. The molecule has 0 fully saturated rings. The number of nitrogen functional groups attached to an aromatic ring is 1. The number of nitrogens with two attached hydrogens (primary N) is 1. The lowest BCUT2D eigenvalue weighted by Crippen LogP contribution is -2.02. The van der Waals surface area contributed by atoms with Gasteiger partial charge in [0.1, 0.15) is 5.76 Å². The SMILES string of the molecule is Nc1nccn1Cc1occc1Br. The summed E-state index contributed by atoms with van der Waals surface area (Å²) in [6.45, 7) is 0.597. The third-order valence-corrected chi connectivity index (χ3v) is 2.46. The van der Waals surface area contributed by atoms with Crippen molar-refractivity contribution in [2.75, 3.05) is 5.73 Å². The van der Waals surface area contributed by atoms with E-state index in [0.717, 1.165) is 10.2 Å². The van der Waals surface area contributed by atoms with Gasteiger partial charge in [-0.3, -0.25) is 0 Å². The number of hydrogen-bond donors (Lipinski definition) is 1. The molecular formula is C8H8BrN3O. The molecular weight excluding hydrogens is 234 g/mol. The molecule has 0 bridgehead atoms. The summed E-state index contributed by atoms with van der Waals surface area (Å²) >= 11 is 3.37. The van der Waals surface area contributed by atoms with Gasteiger partial charge in [0.25, 0.3) is 0 Å². The molecule has 2 aromatic heterocycles. The molecule has 4 nitrogen and oxygen atoms in total. The lowest BCUT2D eigenvalue weighted by atomic mass is 10.4. The largest absolute Gasteiger partial charge is 0.466 e. The second-order valence-electron chi connectivity index (χ2n) is 2.61. The number of hydrogen-bond acceptors (Lipinski definition) is 3. The Bertz CT molecular complexity index is 369. The van der Waals surface area contributed by atoms with Gasteiger partial charge in [-0.1, -0.05) is 0 Å². The maximum atomic E-state index is 5.60. The molecule has 0 unspecified atom stereocenters. The van der Waals surface area contributed by atoms with Crippen LogP contribution in [0.25, 0.3) is 0 Å². The van der Waals surface area contributed by atoms with Crippen LogP contribution in [0.5, 0.6) is 0 Å². The van der Waals surface area contributed by atoms with Crippen molar-refractivity contribution in [2.45, 2.75) is 6.54 Å². The molecule has 0 atom stereocenters. The van der Waals surface area contributed by atoms with Crippen LogP contribution >= 0.6 is 15.9 Å². The molecule has 13 heavy (non-hydrogen) atoms. The highest BCUT2D eigenvalue weighted by Gasteiger charge is 2.05. The molecule has 0 radical (unpaired) electrons. The minimum Gasteiger partial charge on any atom is -0.466 e. The fourth-order valence-electron chi connectivity index (χ4n) is 1.07. The zero-order chi connectivity index (χ0) is 9.26. The molecule has 0 spiro atoms. The molecule has 0 aliphatic heterocycles. The standard InChI is InChI=1S/C8H8BrN3O/c9-6-1-4-13-7(6)5-12-3-2-11-8(12)10/h1-4H,5H2,(H2,10,11). The average molecular weight is 242 g/mol. The van der Waals surface area contributed by atoms with Crippen LogP contribution in [-0.4, -0.2) is 9.55 Å². The Morgan fingerprint density at radius 2 is 2.46 bits per heavy atom. The first-order valence-corrected chi connectivity index (χ1v) is 4.55. The van der Waals surface area contributed by atoms with E-state index in [0.29, 0.717) is 12.5 Å². The molecule has 0 saturated heterocycles. The first kappa shape index (κ1) is 8.37. The minimum absolute atomic E-state index is 0.489. The molecule has 68 valence electrons. The molecule has 2 heterocycles. The van der Waals surface area contributed by atoms with Gasteiger partial charge in [0.2, 0.25) is 5.95 Å². The molecule has 0 aromatic carbocycles. The summed E-state index contributed by atoms with van der Waals surface area (Å²) in [5, 5.41) is 0. The van der Waals surface area contributed by atoms with E-state index in [2.05, 4.69) is 20.9 Å². The Kier molecular flexibility index (Phi) is 2.10. The predicted octanol–water partition coefficient (Wildman–Crippen LogP) is 1.87. The highest BCUT2D eigenvalue weighted by molar-refractivity contribution is 9.10. The fraction of sp³-hybridized carbons (Fsp3) is 0.125. The maximum Gasteiger partial charge on any atom is 0.200 e. The van der Waals surface area contributed by atoms with Crippen molar-refractivity contribution in [2.24, 2.45) is 0 Å². The second kappa shape index (κ2) is 3.26. The summed E-state index contributed by atoms with van der Waals surface area (Å²) in [4.78, 5) is 3.91. The van der Waals surface area contributed by atoms with Gasteiger partial charge >= 0.3 is 0 Å². The summed E-state index contributed by atoms with van der Waals surface area (Å²) in [7, 11) is 0. The normalized spacial score (nSPS) is 10.5. The summed E-state index contributed by atoms with van der Waals surface area (Å²) in [5.41, 5.74) is 5.60. The number of furan rings is 1. The van der Waals surface area contributed by atoms with Crippen molar-refractivity contribution in [1.82, 2.24) is 9.55 Å². The lowest BCUT2D eigenvalue weighted by molar-refractivity contribution is 0.492. The third-order valence-electron chi connectivity index (χ3n) is 1.75. The smallest absolute Gasteiger partial charge is 0.200 e. The Labute approximate surface area is 83.5 Å². The summed E-state index contributed by atoms with van der Waals surface area (Å²) < 4.78 is 8.00. The molecule has 5 heteroatoms. The maximum absolute atomic E-state index is 5.60. The lowest BCUT2D eigenvalue weighted by Gasteiger charge is -2.01. The zero-order valence-corrected chi connectivity index (χ0v) is 8.36. The summed E-state index contributed by atoms with van der Waals surface area (Å²) in [6, 6.07) is 1.85. The van der Waals surface area contributed by atoms with Gasteiger partial charge in [0.15, 0.2) is 0 Å². The van der Waals surface area contributed by atoms with E-state index in [1.54, 1.807) is 12.5 Å². The topological polar surface area (TPSA) is 57.0 Å². The molecule has 0 aliphatic carbocycles. The van der Waals surface area contributed by atoms with Crippen LogP contribution in [0.3, 0.4) is 0 Å². The van der Waals surface area contributed by atoms with Crippen LogP contribution in [0.4, 0.5) is 5.95 Å². The van der Waals surface area contributed by atoms with Gasteiger partial charge in [-0.25, -0.2) is 4.98 Å². The number of rotatable bonds is 2. The first-order chi connectivity index (χ1) is 6.27. The van der Waals surface area contributed by atoms with Gasteiger partial charge in [-0.15, -0.1) is 0 Å². The van der Waals surface area contributed by atoms with Crippen molar-refractivity contribution in [1.29, 1.82) is 0 Å². The van der Waals surface area contributed by atoms with Gasteiger partial charge in [-0.05, 0) is 22.0 Å². The Hall–Kier alpha value is -1.23. The zero-order valence-electron chi connectivity index (χ0n) is 6.77. The number of aromatic nitrogens is 2. The van der Waals surface area contributed by atoms with Crippen molar-refractivity contribution >= 4 is 21.9 Å². The molecule has 2 aromatic rings. The average Bonchev–Trinajstić information content (AvgIpc) is 2.65. The number of nitrogens with zero attached hydrogens (tertiary/aromatic N) is 2. The number of halogens is 1. The van der Waals surface area contributed by atoms with Crippen molar-refractivity contribution < 1.29 is 4.42 Å². The van der Waals surface area contributed by atoms with Crippen molar-refractivity contribution in [3.8, 4) is 0 Å². The van der Waals surface area contributed by atoms with Gasteiger partial charge in [-0.2, -0.15) is 0 Å². The summed E-state index contributed by atoms with van der Waals surface area (Å²) in [6.07, 6.45) is 5.10. The Balaban J connectivity index is 2.24. The molecule has 2 rings (SSSR count). The van der Waals surface area contributed by atoms with E-state index >= 15 is 0 Å². The fourth-order valence-corrected chi connectivity index (χ4v) is 1.39. The van der Waals surface area contributed by atoms with Gasteiger partial charge in [0, 0.05) is 12.4 Å². The van der Waals surface area contributed by atoms with Crippen LogP contribution in [-0.2, 0) is 6.54 Å². The van der Waals surface area contributed by atoms with E-state index in [4.69, 9.17) is 10.2 Å². The van der Waals surface area contributed by atoms with Gasteiger partial charge < -0.3 is 14.7 Å². The van der Waals surface area contributed by atoms with E-state index < -0.39 is 0 Å². The molecule has 0 amide bonds. The monoisotopic (exact) mass is 241 g/mol. The van der Waals surface area contributed by atoms with E-state index in [-0.39, 0.29) is 0 Å². The number of anilines is 1. The van der Waals surface area contributed by atoms with Crippen molar-refractivity contribution in [3.63, 3.8) is 0 Å². The van der Waals surface area contributed by atoms with Crippen LogP contribution in [0.1, 0.15) is 5.76 Å². The Morgan fingerprint density at radius 1 is 1.62 bits per heavy atom. The van der Waals surface area contributed by atoms with Crippen LogP contribution in [0.2, 0.25) is 0 Å². The van der Waals surface area contributed by atoms with Crippen molar-refractivity contribution in [3.05, 3.63) is 35.0 Å².